The molecule has 1 heterocycles. The Labute approximate surface area is 106 Å². The molecule has 0 saturated carbocycles. The SMILES string of the molecule is Nc1c2c(nc3cc(Cl)ccc13)CCCCC2. The second-order valence-electron chi connectivity index (χ2n) is 4.67. The summed E-state index contributed by atoms with van der Waals surface area (Å²) >= 11 is 6.01. The van der Waals surface area contributed by atoms with Crippen molar-refractivity contribution in [2.75, 3.05) is 5.73 Å². The quantitative estimate of drug-likeness (QED) is 0.720. The van der Waals surface area contributed by atoms with Crippen LogP contribution < -0.4 is 5.73 Å². The number of benzene rings is 1. The van der Waals surface area contributed by atoms with E-state index in [2.05, 4.69) is 0 Å². The standard InChI is InChI=1S/C14H15ClN2/c15-9-6-7-11-13(8-9)17-12-5-3-1-2-4-10(12)14(11)16/h6-8H,1-5H2,(H2,16,17). The third-order valence-electron chi connectivity index (χ3n) is 3.52. The lowest BCUT2D eigenvalue weighted by atomic mass is 10.0. The number of anilines is 1. The summed E-state index contributed by atoms with van der Waals surface area (Å²) in [4.78, 5) is 4.73. The number of nitrogens with zero attached hydrogens (tertiary/aromatic N) is 1. The number of fused-ring (bicyclic) bond motifs is 2. The molecule has 2 aromatic rings. The summed E-state index contributed by atoms with van der Waals surface area (Å²) in [5.74, 6) is 0. The van der Waals surface area contributed by atoms with Gasteiger partial charge in [0, 0.05) is 21.8 Å². The van der Waals surface area contributed by atoms with E-state index in [4.69, 9.17) is 22.3 Å². The number of hydrogen-bond donors (Lipinski definition) is 1. The minimum atomic E-state index is 0.720. The van der Waals surface area contributed by atoms with Crippen molar-refractivity contribution in [2.45, 2.75) is 32.1 Å². The first kappa shape index (κ1) is 10.8. The summed E-state index contributed by atoms with van der Waals surface area (Å²) in [6.07, 6.45) is 5.81. The largest absolute Gasteiger partial charge is 0.398 e. The Hall–Kier alpha value is -1.28. The van der Waals surface area contributed by atoms with E-state index in [-0.39, 0.29) is 0 Å². The number of nitrogen functional groups attached to an aromatic ring is 1. The van der Waals surface area contributed by atoms with Gasteiger partial charge in [0.15, 0.2) is 0 Å². The van der Waals surface area contributed by atoms with Gasteiger partial charge in [-0.2, -0.15) is 0 Å². The highest BCUT2D eigenvalue weighted by Crippen LogP contribution is 2.31. The lowest BCUT2D eigenvalue weighted by Crippen LogP contribution is -2.02. The summed E-state index contributed by atoms with van der Waals surface area (Å²) in [6, 6.07) is 5.76. The van der Waals surface area contributed by atoms with Gasteiger partial charge >= 0.3 is 0 Å². The van der Waals surface area contributed by atoms with E-state index >= 15 is 0 Å². The molecule has 0 radical (unpaired) electrons. The van der Waals surface area contributed by atoms with Gasteiger partial charge in [0.25, 0.3) is 0 Å². The predicted molar refractivity (Wildman–Crippen MR) is 72.4 cm³/mol. The van der Waals surface area contributed by atoms with Crippen LogP contribution in [0.1, 0.15) is 30.5 Å². The number of halogens is 1. The van der Waals surface area contributed by atoms with Crippen LogP contribution >= 0.6 is 11.6 Å². The average molecular weight is 247 g/mol. The zero-order valence-corrected chi connectivity index (χ0v) is 10.4. The minimum absolute atomic E-state index is 0.720. The maximum Gasteiger partial charge on any atom is 0.0741 e. The van der Waals surface area contributed by atoms with Crippen LogP contribution in [0.2, 0.25) is 5.02 Å². The molecule has 0 fully saturated rings. The van der Waals surface area contributed by atoms with Crippen LogP contribution in [0.4, 0.5) is 5.69 Å². The molecule has 88 valence electrons. The molecule has 17 heavy (non-hydrogen) atoms. The lowest BCUT2D eigenvalue weighted by Gasteiger charge is -2.12. The topological polar surface area (TPSA) is 38.9 Å². The maximum atomic E-state index is 6.28. The molecule has 0 aliphatic heterocycles. The Kier molecular flexibility index (Phi) is 2.67. The summed E-state index contributed by atoms with van der Waals surface area (Å²) in [7, 11) is 0. The smallest absolute Gasteiger partial charge is 0.0741 e. The van der Waals surface area contributed by atoms with Gasteiger partial charge in [-0.05, 0) is 49.4 Å². The van der Waals surface area contributed by atoms with Crippen molar-refractivity contribution in [3.8, 4) is 0 Å². The molecule has 2 nitrogen and oxygen atoms in total. The van der Waals surface area contributed by atoms with Gasteiger partial charge in [-0.3, -0.25) is 4.98 Å². The molecular formula is C14H15ClN2. The third kappa shape index (κ3) is 1.87. The van der Waals surface area contributed by atoms with Gasteiger partial charge in [-0.25, -0.2) is 0 Å². The van der Waals surface area contributed by atoms with Crippen LogP contribution in [0.5, 0.6) is 0 Å². The number of aryl methyl sites for hydroxylation is 1. The van der Waals surface area contributed by atoms with E-state index < -0.39 is 0 Å². The normalized spacial score (nSPS) is 15.6. The summed E-state index contributed by atoms with van der Waals surface area (Å²) in [5.41, 5.74) is 10.5. The monoisotopic (exact) mass is 246 g/mol. The second-order valence-corrected chi connectivity index (χ2v) is 5.11. The fourth-order valence-corrected chi connectivity index (χ4v) is 2.78. The highest BCUT2D eigenvalue weighted by Gasteiger charge is 2.15. The zero-order chi connectivity index (χ0) is 11.8. The number of aromatic nitrogens is 1. The lowest BCUT2D eigenvalue weighted by molar-refractivity contribution is 0.709. The highest BCUT2D eigenvalue weighted by atomic mass is 35.5. The van der Waals surface area contributed by atoms with E-state index in [1.54, 1.807) is 0 Å². The molecule has 0 amide bonds. The van der Waals surface area contributed by atoms with Gasteiger partial charge in [0.2, 0.25) is 0 Å². The highest BCUT2D eigenvalue weighted by molar-refractivity contribution is 6.31. The molecule has 3 rings (SSSR count). The Balaban J connectivity index is 2.29. The summed E-state index contributed by atoms with van der Waals surface area (Å²) < 4.78 is 0. The zero-order valence-electron chi connectivity index (χ0n) is 9.67. The summed E-state index contributed by atoms with van der Waals surface area (Å²) in [5, 5.41) is 1.76. The van der Waals surface area contributed by atoms with E-state index in [9.17, 15) is 0 Å². The summed E-state index contributed by atoms with van der Waals surface area (Å²) in [6.45, 7) is 0. The second kappa shape index (κ2) is 4.19. The van der Waals surface area contributed by atoms with E-state index in [0.717, 1.165) is 34.5 Å². The molecule has 1 aromatic heterocycles. The third-order valence-corrected chi connectivity index (χ3v) is 3.75. The first-order chi connectivity index (χ1) is 8.25. The molecule has 0 saturated heterocycles. The molecule has 3 heteroatoms. The van der Waals surface area contributed by atoms with Gasteiger partial charge in [-0.15, -0.1) is 0 Å². The van der Waals surface area contributed by atoms with Crippen molar-refractivity contribution in [3.63, 3.8) is 0 Å². The molecule has 1 aliphatic carbocycles. The number of hydrogen-bond acceptors (Lipinski definition) is 2. The fraction of sp³-hybridized carbons (Fsp3) is 0.357. The van der Waals surface area contributed by atoms with Gasteiger partial charge in [0.05, 0.1) is 5.52 Å². The number of rotatable bonds is 0. The van der Waals surface area contributed by atoms with E-state index in [0.29, 0.717) is 0 Å². The first-order valence-corrected chi connectivity index (χ1v) is 6.50. The van der Waals surface area contributed by atoms with E-state index in [1.807, 2.05) is 18.2 Å². The average Bonchev–Trinajstić information content (AvgIpc) is 2.54. The van der Waals surface area contributed by atoms with Gasteiger partial charge in [0.1, 0.15) is 0 Å². The molecular weight excluding hydrogens is 232 g/mol. The molecule has 0 bridgehead atoms. The van der Waals surface area contributed by atoms with Crippen LogP contribution in [0, 0.1) is 0 Å². The minimum Gasteiger partial charge on any atom is -0.398 e. The van der Waals surface area contributed by atoms with Crippen molar-refractivity contribution < 1.29 is 0 Å². The molecule has 1 aliphatic rings. The van der Waals surface area contributed by atoms with Crippen molar-refractivity contribution in [1.29, 1.82) is 0 Å². The molecule has 2 N–H and O–H groups in total. The molecule has 0 spiro atoms. The Morgan fingerprint density at radius 3 is 2.82 bits per heavy atom. The van der Waals surface area contributed by atoms with Crippen molar-refractivity contribution in [3.05, 3.63) is 34.5 Å². The Morgan fingerprint density at radius 1 is 1.12 bits per heavy atom. The van der Waals surface area contributed by atoms with Gasteiger partial charge < -0.3 is 5.73 Å². The molecule has 1 aromatic carbocycles. The number of nitrogens with two attached hydrogens (primary N) is 1. The first-order valence-electron chi connectivity index (χ1n) is 6.12. The molecule has 0 unspecified atom stereocenters. The van der Waals surface area contributed by atoms with Crippen LogP contribution in [0.25, 0.3) is 10.9 Å². The van der Waals surface area contributed by atoms with Crippen molar-refractivity contribution in [1.82, 2.24) is 4.98 Å². The fourth-order valence-electron chi connectivity index (χ4n) is 2.61. The Bertz CT molecular complexity index is 578. The Morgan fingerprint density at radius 2 is 1.94 bits per heavy atom. The van der Waals surface area contributed by atoms with E-state index in [1.165, 1.54) is 30.5 Å². The number of pyridine rings is 1. The van der Waals surface area contributed by atoms with Gasteiger partial charge in [-0.1, -0.05) is 18.0 Å². The van der Waals surface area contributed by atoms with Crippen LogP contribution in [0.3, 0.4) is 0 Å². The van der Waals surface area contributed by atoms with Crippen LogP contribution in [-0.4, -0.2) is 4.98 Å². The molecule has 0 atom stereocenters. The van der Waals surface area contributed by atoms with Crippen molar-refractivity contribution in [2.24, 2.45) is 0 Å². The van der Waals surface area contributed by atoms with Crippen LogP contribution in [-0.2, 0) is 12.8 Å². The van der Waals surface area contributed by atoms with Crippen molar-refractivity contribution >= 4 is 28.2 Å². The maximum absolute atomic E-state index is 6.28. The predicted octanol–water partition coefficient (Wildman–Crippen LogP) is 3.74. The van der Waals surface area contributed by atoms with Crippen LogP contribution in [0.15, 0.2) is 18.2 Å².